The summed E-state index contributed by atoms with van der Waals surface area (Å²) in [5, 5.41) is 0. The number of carbonyl (C=O) groups excluding carboxylic acids is 1. The van der Waals surface area contributed by atoms with Crippen LogP contribution in [-0.2, 0) is 6.54 Å². The number of nitrogens with zero attached hydrogens (tertiary/aromatic N) is 2. The minimum atomic E-state index is -0.260. The van der Waals surface area contributed by atoms with Crippen molar-refractivity contribution < 1.29 is 14.3 Å². The van der Waals surface area contributed by atoms with Gasteiger partial charge in [0.15, 0.2) is 16.3 Å². The van der Waals surface area contributed by atoms with Crippen LogP contribution in [0.5, 0.6) is 11.5 Å². The Morgan fingerprint density at radius 2 is 2.04 bits per heavy atom. The second-order valence-corrected chi connectivity index (χ2v) is 7.47. The minimum Gasteiger partial charge on any atom is -0.454 e. The van der Waals surface area contributed by atoms with E-state index in [0.717, 1.165) is 39.2 Å². The topological polar surface area (TPSA) is 52.8 Å². The smallest absolute Gasteiger partial charge is 0.280 e. The highest BCUT2D eigenvalue weighted by atomic mass is 79.9. The zero-order valence-electron chi connectivity index (χ0n) is 13.5. The lowest BCUT2D eigenvalue weighted by Crippen LogP contribution is -2.17. The van der Waals surface area contributed by atoms with Gasteiger partial charge in [0, 0.05) is 23.2 Å². The average molecular weight is 419 g/mol. The molecule has 3 aromatic rings. The second kappa shape index (κ2) is 6.65. The van der Waals surface area contributed by atoms with E-state index >= 15 is 0 Å². The lowest BCUT2D eigenvalue weighted by Gasteiger charge is -2.04. The van der Waals surface area contributed by atoms with Gasteiger partial charge in [-0.15, -0.1) is 0 Å². The van der Waals surface area contributed by atoms with Gasteiger partial charge in [0.05, 0.1) is 15.8 Å². The Morgan fingerprint density at radius 3 is 2.80 bits per heavy atom. The van der Waals surface area contributed by atoms with E-state index in [1.807, 2.05) is 30.3 Å². The van der Waals surface area contributed by atoms with Crippen molar-refractivity contribution in [1.82, 2.24) is 4.57 Å². The van der Waals surface area contributed by atoms with Crippen LogP contribution in [0, 0.1) is 0 Å². The number of benzene rings is 2. The Morgan fingerprint density at radius 1 is 1.28 bits per heavy atom. The fraction of sp³-hybridized carbons (Fsp3) is 0.222. The van der Waals surface area contributed by atoms with Crippen LogP contribution < -0.4 is 14.3 Å². The summed E-state index contributed by atoms with van der Waals surface area (Å²) in [7, 11) is 0. The second-order valence-electron chi connectivity index (χ2n) is 5.61. The first kappa shape index (κ1) is 16.4. The molecule has 2 heterocycles. The molecule has 5 nitrogen and oxygen atoms in total. The molecule has 0 spiro atoms. The molecule has 0 atom stereocenters. The predicted molar refractivity (Wildman–Crippen MR) is 100 cm³/mol. The molecule has 1 amide bonds. The van der Waals surface area contributed by atoms with E-state index in [0.29, 0.717) is 10.4 Å². The number of aromatic nitrogens is 1. The fourth-order valence-electron chi connectivity index (χ4n) is 2.77. The molecule has 7 heteroatoms. The SMILES string of the molecule is CCCn1c(=NC(=O)c2ccccc2Br)sc2cc3c(cc21)OCO3. The molecule has 0 aliphatic carbocycles. The van der Waals surface area contributed by atoms with Gasteiger partial charge in [0.25, 0.3) is 5.91 Å². The quantitative estimate of drug-likeness (QED) is 0.635. The van der Waals surface area contributed by atoms with Gasteiger partial charge in [-0.25, -0.2) is 0 Å². The summed E-state index contributed by atoms with van der Waals surface area (Å²) >= 11 is 4.90. The Hall–Kier alpha value is -2.12. The number of aryl methyl sites for hydroxylation is 1. The highest BCUT2D eigenvalue weighted by Gasteiger charge is 2.18. The number of rotatable bonds is 3. The van der Waals surface area contributed by atoms with Crippen LogP contribution in [0.3, 0.4) is 0 Å². The predicted octanol–water partition coefficient (Wildman–Crippen LogP) is 4.35. The lowest BCUT2D eigenvalue weighted by atomic mass is 10.2. The summed E-state index contributed by atoms with van der Waals surface area (Å²) in [6, 6.07) is 11.2. The van der Waals surface area contributed by atoms with E-state index in [4.69, 9.17) is 9.47 Å². The van der Waals surface area contributed by atoms with Crippen LogP contribution >= 0.6 is 27.3 Å². The number of ether oxygens (including phenoxy) is 2. The van der Waals surface area contributed by atoms with Gasteiger partial charge >= 0.3 is 0 Å². The number of hydrogen-bond donors (Lipinski definition) is 0. The van der Waals surface area contributed by atoms with E-state index in [9.17, 15) is 4.79 Å². The van der Waals surface area contributed by atoms with Gasteiger partial charge in [0.2, 0.25) is 6.79 Å². The van der Waals surface area contributed by atoms with Gasteiger partial charge in [0.1, 0.15) is 0 Å². The highest BCUT2D eigenvalue weighted by Crippen LogP contribution is 2.37. The van der Waals surface area contributed by atoms with Gasteiger partial charge < -0.3 is 14.0 Å². The van der Waals surface area contributed by atoms with Crippen molar-refractivity contribution in [1.29, 1.82) is 0 Å². The van der Waals surface area contributed by atoms with Crippen molar-refractivity contribution in [3.8, 4) is 11.5 Å². The lowest BCUT2D eigenvalue weighted by molar-refractivity contribution is 0.0997. The highest BCUT2D eigenvalue weighted by molar-refractivity contribution is 9.10. The van der Waals surface area contributed by atoms with Crippen LogP contribution in [0.4, 0.5) is 0 Å². The Bertz CT molecular complexity index is 1040. The van der Waals surface area contributed by atoms with Crippen LogP contribution in [0.1, 0.15) is 23.7 Å². The van der Waals surface area contributed by atoms with Gasteiger partial charge in [-0.3, -0.25) is 4.79 Å². The minimum absolute atomic E-state index is 0.248. The number of hydrogen-bond acceptors (Lipinski definition) is 4. The van der Waals surface area contributed by atoms with Gasteiger partial charge in [-0.1, -0.05) is 30.4 Å². The number of thiazole rings is 1. The summed E-state index contributed by atoms with van der Waals surface area (Å²) in [6.45, 7) is 3.13. The first-order valence-electron chi connectivity index (χ1n) is 7.94. The van der Waals surface area contributed by atoms with Crippen LogP contribution in [-0.4, -0.2) is 17.3 Å². The Kier molecular flexibility index (Phi) is 4.35. The molecule has 1 aliphatic heterocycles. The van der Waals surface area contributed by atoms with Crippen LogP contribution in [0.25, 0.3) is 10.2 Å². The molecule has 4 rings (SSSR count). The third-order valence-corrected chi connectivity index (χ3v) is 5.66. The number of amides is 1. The summed E-state index contributed by atoms with van der Waals surface area (Å²) in [5.74, 6) is 1.21. The van der Waals surface area contributed by atoms with Crippen molar-refractivity contribution >= 4 is 43.4 Å². The van der Waals surface area contributed by atoms with E-state index in [1.165, 1.54) is 11.3 Å². The molecule has 1 aromatic heterocycles. The first-order chi connectivity index (χ1) is 12.2. The summed E-state index contributed by atoms with van der Waals surface area (Å²) in [6.07, 6.45) is 0.941. The van der Waals surface area contributed by atoms with E-state index in [-0.39, 0.29) is 12.7 Å². The number of fused-ring (bicyclic) bond motifs is 2. The molecule has 0 fully saturated rings. The third kappa shape index (κ3) is 2.98. The van der Waals surface area contributed by atoms with Crippen molar-refractivity contribution in [3.05, 3.63) is 51.2 Å². The molecule has 1 aliphatic rings. The zero-order valence-corrected chi connectivity index (χ0v) is 15.9. The number of halogens is 1. The average Bonchev–Trinajstić information content (AvgIpc) is 3.18. The molecule has 128 valence electrons. The zero-order chi connectivity index (χ0) is 17.4. The molecule has 0 radical (unpaired) electrons. The van der Waals surface area contributed by atoms with Crippen LogP contribution in [0.2, 0.25) is 0 Å². The van der Waals surface area contributed by atoms with Gasteiger partial charge in [-0.05, 0) is 34.5 Å². The first-order valence-corrected chi connectivity index (χ1v) is 9.55. The monoisotopic (exact) mass is 418 g/mol. The van der Waals surface area contributed by atoms with Crippen molar-refractivity contribution in [3.63, 3.8) is 0 Å². The maximum atomic E-state index is 12.6. The third-order valence-electron chi connectivity index (χ3n) is 3.93. The molecule has 0 N–H and O–H groups in total. The van der Waals surface area contributed by atoms with E-state index in [2.05, 4.69) is 32.4 Å². The van der Waals surface area contributed by atoms with E-state index < -0.39 is 0 Å². The molecule has 0 saturated heterocycles. The van der Waals surface area contributed by atoms with Crippen molar-refractivity contribution in [2.75, 3.05) is 6.79 Å². The molecule has 0 unspecified atom stereocenters. The molecule has 0 bridgehead atoms. The molecule has 25 heavy (non-hydrogen) atoms. The van der Waals surface area contributed by atoms with Crippen LogP contribution in [0.15, 0.2) is 45.9 Å². The van der Waals surface area contributed by atoms with Crippen molar-refractivity contribution in [2.45, 2.75) is 19.9 Å². The fourth-order valence-corrected chi connectivity index (χ4v) is 4.29. The summed E-state index contributed by atoms with van der Waals surface area (Å²) in [4.78, 5) is 17.7. The molecular weight excluding hydrogens is 404 g/mol. The largest absolute Gasteiger partial charge is 0.454 e. The standard InChI is InChI=1S/C18H15BrN2O3S/c1-2-7-21-13-8-14-15(24-10-23-14)9-16(13)25-18(21)20-17(22)11-5-3-4-6-12(11)19/h3-6,8-9H,2,7,10H2,1H3. The molecule has 2 aromatic carbocycles. The molecule has 0 saturated carbocycles. The van der Waals surface area contributed by atoms with E-state index in [1.54, 1.807) is 6.07 Å². The summed E-state index contributed by atoms with van der Waals surface area (Å²) < 4.78 is 14.8. The summed E-state index contributed by atoms with van der Waals surface area (Å²) in [5.41, 5.74) is 1.56. The Balaban J connectivity index is 1.87. The maximum Gasteiger partial charge on any atom is 0.280 e. The van der Waals surface area contributed by atoms with Gasteiger partial charge in [-0.2, -0.15) is 4.99 Å². The molecular formula is C18H15BrN2O3S. The number of carbonyl (C=O) groups is 1. The Labute approximate surface area is 156 Å². The van der Waals surface area contributed by atoms with Crippen molar-refractivity contribution in [2.24, 2.45) is 4.99 Å². The normalized spacial score (nSPS) is 13.6. The maximum absolute atomic E-state index is 12.6.